The van der Waals surface area contributed by atoms with Crippen molar-refractivity contribution in [1.82, 2.24) is 19.7 Å². The lowest BCUT2D eigenvalue weighted by Crippen LogP contribution is -2.03. The highest BCUT2D eigenvalue weighted by atomic mass is 16.1. The third kappa shape index (κ3) is 2.44. The number of ketones is 1. The lowest BCUT2D eigenvalue weighted by atomic mass is 10.1. The van der Waals surface area contributed by atoms with Crippen LogP contribution in [0.1, 0.15) is 21.6 Å². The van der Waals surface area contributed by atoms with E-state index in [0.29, 0.717) is 17.8 Å². The molecule has 3 rings (SSSR count). The molecule has 0 amide bonds. The molecule has 0 radical (unpaired) electrons. The summed E-state index contributed by atoms with van der Waals surface area (Å²) in [5.41, 5.74) is 2.35. The molecule has 0 aliphatic rings. The maximum absolute atomic E-state index is 12.1. The minimum Gasteiger partial charge on any atom is -0.359 e. The zero-order valence-corrected chi connectivity index (χ0v) is 10.2. The second-order valence-electron chi connectivity index (χ2n) is 4.20. The average molecular weight is 252 g/mol. The molecule has 5 heteroatoms. The van der Waals surface area contributed by atoms with Gasteiger partial charge in [-0.15, -0.1) is 0 Å². The summed E-state index contributed by atoms with van der Waals surface area (Å²) in [5.74, 6) is -0.00249. The van der Waals surface area contributed by atoms with E-state index in [0.717, 1.165) is 5.56 Å². The number of aromatic nitrogens is 4. The minimum atomic E-state index is -0.00249. The normalized spacial score (nSPS) is 10.5. The third-order valence-corrected chi connectivity index (χ3v) is 2.87. The van der Waals surface area contributed by atoms with Crippen LogP contribution >= 0.6 is 0 Å². The molecular formula is C14H12N4O. The molecule has 2 aromatic heterocycles. The number of carbonyl (C=O) groups excluding carboxylic acids is 1. The highest BCUT2D eigenvalue weighted by Gasteiger charge is 2.09. The zero-order valence-electron chi connectivity index (χ0n) is 10.2. The minimum absolute atomic E-state index is 0.00249. The molecule has 3 aromatic rings. The van der Waals surface area contributed by atoms with Crippen molar-refractivity contribution in [2.24, 2.45) is 0 Å². The van der Waals surface area contributed by atoms with E-state index >= 15 is 0 Å². The molecule has 0 atom stereocenters. The van der Waals surface area contributed by atoms with Gasteiger partial charge in [0.25, 0.3) is 0 Å². The van der Waals surface area contributed by atoms with Gasteiger partial charge in [-0.1, -0.05) is 24.3 Å². The van der Waals surface area contributed by atoms with E-state index in [1.165, 1.54) is 6.33 Å². The second-order valence-corrected chi connectivity index (χ2v) is 4.20. The van der Waals surface area contributed by atoms with Crippen molar-refractivity contribution < 1.29 is 4.79 Å². The van der Waals surface area contributed by atoms with Crippen LogP contribution in [0.2, 0.25) is 0 Å². The molecule has 1 aromatic carbocycles. The molecule has 0 aliphatic carbocycles. The topological polar surface area (TPSA) is 63.6 Å². The van der Waals surface area contributed by atoms with Crippen LogP contribution in [0, 0.1) is 0 Å². The monoisotopic (exact) mass is 252 g/mol. The van der Waals surface area contributed by atoms with Crippen molar-refractivity contribution in [3.8, 4) is 0 Å². The fraction of sp³-hybridized carbons (Fsp3) is 0.0714. The summed E-state index contributed by atoms with van der Waals surface area (Å²) in [6.07, 6.45) is 4.91. The van der Waals surface area contributed by atoms with Gasteiger partial charge in [0.15, 0.2) is 0 Å². The van der Waals surface area contributed by atoms with Crippen molar-refractivity contribution in [3.05, 3.63) is 72.1 Å². The molecule has 0 saturated carbocycles. The van der Waals surface area contributed by atoms with Gasteiger partial charge in [-0.05, 0) is 17.7 Å². The van der Waals surface area contributed by atoms with E-state index in [1.54, 1.807) is 23.3 Å². The third-order valence-electron chi connectivity index (χ3n) is 2.87. The summed E-state index contributed by atoms with van der Waals surface area (Å²) in [4.78, 5) is 18.9. The lowest BCUT2D eigenvalue weighted by molar-refractivity contribution is 0.103. The van der Waals surface area contributed by atoms with Crippen molar-refractivity contribution >= 4 is 5.78 Å². The molecular weight excluding hydrogens is 240 g/mol. The molecule has 19 heavy (non-hydrogen) atoms. The number of hydrogen-bond donors (Lipinski definition) is 1. The fourth-order valence-electron chi connectivity index (χ4n) is 1.89. The number of carbonyl (C=O) groups is 1. The first-order chi connectivity index (χ1) is 9.33. The Morgan fingerprint density at radius 1 is 1.21 bits per heavy atom. The molecule has 0 aliphatic heterocycles. The van der Waals surface area contributed by atoms with Gasteiger partial charge < -0.3 is 4.98 Å². The number of hydrogen-bond acceptors (Lipinski definition) is 3. The SMILES string of the molecule is O=C(c1ccc(Cn2cncn2)cc1)c1ccc[nH]1. The summed E-state index contributed by atoms with van der Waals surface area (Å²) in [6, 6.07) is 11.1. The van der Waals surface area contributed by atoms with E-state index in [2.05, 4.69) is 15.1 Å². The molecule has 0 spiro atoms. The van der Waals surface area contributed by atoms with Crippen LogP contribution in [-0.4, -0.2) is 25.5 Å². The predicted octanol–water partition coefficient (Wildman–Crippen LogP) is 1.89. The predicted molar refractivity (Wildman–Crippen MR) is 69.8 cm³/mol. The molecule has 0 bridgehead atoms. The summed E-state index contributed by atoms with van der Waals surface area (Å²) >= 11 is 0. The van der Waals surface area contributed by atoms with Gasteiger partial charge >= 0.3 is 0 Å². The van der Waals surface area contributed by atoms with Gasteiger partial charge in [0.2, 0.25) is 5.78 Å². The van der Waals surface area contributed by atoms with Crippen molar-refractivity contribution in [2.45, 2.75) is 6.54 Å². The number of nitrogens with zero attached hydrogens (tertiary/aromatic N) is 3. The van der Waals surface area contributed by atoms with E-state index in [4.69, 9.17) is 0 Å². The Bertz CT molecular complexity index is 654. The number of rotatable bonds is 4. The summed E-state index contributed by atoms with van der Waals surface area (Å²) in [7, 11) is 0. The smallest absolute Gasteiger partial charge is 0.209 e. The second kappa shape index (κ2) is 4.89. The molecule has 5 nitrogen and oxygen atoms in total. The Morgan fingerprint density at radius 3 is 2.68 bits per heavy atom. The Hall–Kier alpha value is -2.69. The summed E-state index contributed by atoms with van der Waals surface area (Å²) in [5, 5.41) is 4.04. The summed E-state index contributed by atoms with van der Waals surface area (Å²) < 4.78 is 1.74. The van der Waals surface area contributed by atoms with Gasteiger partial charge in [-0.2, -0.15) is 5.10 Å². The maximum atomic E-state index is 12.1. The number of nitrogens with one attached hydrogen (secondary N) is 1. The van der Waals surface area contributed by atoms with E-state index in [-0.39, 0.29) is 5.78 Å². The first-order valence-electron chi connectivity index (χ1n) is 5.92. The van der Waals surface area contributed by atoms with Gasteiger partial charge in [0.05, 0.1) is 12.2 Å². The van der Waals surface area contributed by atoms with Crippen LogP contribution in [-0.2, 0) is 6.54 Å². The van der Waals surface area contributed by atoms with Crippen molar-refractivity contribution in [1.29, 1.82) is 0 Å². The highest BCUT2D eigenvalue weighted by molar-refractivity contribution is 6.07. The van der Waals surface area contributed by atoms with E-state index < -0.39 is 0 Å². The zero-order chi connectivity index (χ0) is 13.1. The number of benzene rings is 1. The molecule has 1 N–H and O–H groups in total. The molecule has 2 heterocycles. The van der Waals surface area contributed by atoms with Crippen LogP contribution in [0.15, 0.2) is 55.2 Å². The van der Waals surface area contributed by atoms with Crippen molar-refractivity contribution in [3.63, 3.8) is 0 Å². The first kappa shape index (κ1) is 11.4. The van der Waals surface area contributed by atoms with Crippen LogP contribution in [0.25, 0.3) is 0 Å². The Balaban J connectivity index is 1.77. The van der Waals surface area contributed by atoms with Gasteiger partial charge in [-0.3, -0.25) is 4.79 Å². The van der Waals surface area contributed by atoms with Crippen LogP contribution in [0.5, 0.6) is 0 Å². The van der Waals surface area contributed by atoms with E-state index in [9.17, 15) is 4.79 Å². The van der Waals surface area contributed by atoms with Crippen LogP contribution in [0.4, 0.5) is 0 Å². The lowest BCUT2D eigenvalue weighted by Gasteiger charge is -2.03. The Morgan fingerprint density at radius 2 is 2.05 bits per heavy atom. The van der Waals surface area contributed by atoms with Crippen LogP contribution in [0.3, 0.4) is 0 Å². The maximum Gasteiger partial charge on any atom is 0.209 e. The largest absolute Gasteiger partial charge is 0.359 e. The molecule has 94 valence electrons. The highest BCUT2D eigenvalue weighted by Crippen LogP contribution is 2.10. The molecule has 0 fully saturated rings. The van der Waals surface area contributed by atoms with Gasteiger partial charge in [-0.25, -0.2) is 9.67 Å². The van der Waals surface area contributed by atoms with Crippen molar-refractivity contribution in [2.75, 3.05) is 0 Å². The summed E-state index contributed by atoms with van der Waals surface area (Å²) in [6.45, 7) is 0.650. The average Bonchev–Trinajstić information content (AvgIpc) is 3.12. The first-order valence-corrected chi connectivity index (χ1v) is 5.92. The van der Waals surface area contributed by atoms with Gasteiger partial charge in [0.1, 0.15) is 12.7 Å². The number of H-pyrrole nitrogens is 1. The Labute approximate surface area is 109 Å². The van der Waals surface area contributed by atoms with E-state index in [1.807, 2.05) is 30.3 Å². The fourth-order valence-corrected chi connectivity index (χ4v) is 1.89. The quantitative estimate of drug-likeness (QED) is 0.721. The Kier molecular flexibility index (Phi) is 2.94. The molecule has 0 unspecified atom stereocenters. The van der Waals surface area contributed by atoms with Gasteiger partial charge in [0, 0.05) is 11.8 Å². The number of aromatic amines is 1. The molecule has 0 saturated heterocycles. The standard InChI is InChI=1S/C14H12N4O/c19-14(13-2-1-7-16-13)12-5-3-11(4-6-12)8-18-10-15-9-17-18/h1-7,9-10,16H,8H2. The van der Waals surface area contributed by atoms with Crippen LogP contribution < -0.4 is 0 Å².